The molecule has 3 heterocycles. The number of thiazole rings is 2. The van der Waals surface area contributed by atoms with Crippen LogP contribution in [0.15, 0.2) is 29.0 Å². The van der Waals surface area contributed by atoms with Crippen molar-refractivity contribution in [2.24, 2.45) is 0 Å². The maximum atomic E-state index is 12.8. The van der Waals surface area contributed by atoms with E-state index >= 15 is 0 Å². The van der Waals surface area contributed by atoms with Crippen LogP contribution in [0.4, 0.5) is 5.69 Å². The third-order valence-electron chi connectivity index (χ3n) is 4.69. The monoisotopic (exact) mass is 398 g/mol. The van der Waals surface area contributed by atoms with Gasteiger partial charge in [-0.3, -0.25) is 9.69 Å². The lowest BCUT2D eigenvalue weighted by Gasteiger charge is -2.21. The van der Waals surface area contributed by atoms with Crippen LogP contribution in [0, 0.1) is 13.8 Å². The molecule has 0 fully saturated rings. The summed E-state index contributed by atoms with van der Waals surface area (Å²) in [7, 11) is 1.97. The summed E-state index contributed by atoms with van der Waals surface area (Å²) in [5.74, 6) is 0.139. The molecule has 1 aliphatic rings. The largest absolute Gasteiger partial charge is 0.311 e. The van der Waals surface area contributed by atoms with Gasteiger partial charge in [-0.25, -0.2) is 9.97 Å². The minimum atomic E-state index is 0.139. The maximum Gasteiger partial charge on any atom is 0.241 e. The Balaban J connectivity index is 1.44. The van der Waals surface area contributed by atoms with Gasteiger partial charge >= 0.3 is 0 Å². The molecule has 1 aromatic carbocycles. The van der Waals surface area contributed by atoms with Gasteiger partial charge in [0.15, 0.2) is 0 Å². The third-order valence-corrected chi connectivity index (χ3v) is 6.29. The summed E-state index contributed by atoms with van der Waals surface area (Å²) in [6, 6.07) is 6.31. The average Bonchev–Trinajstić information content (AvgIpc) is 3.34. The molecule has 0 spiro atoms. The summed E-state index contributed by atoms with van der Waals surface area (Å²) >= 11 is 3.31. The van der Waals surface area contributed by atoms with Crippen LogP contribution in [0.5, 0.6) is 0 Å². The molecule has 0 unspecified atom stereocenters. The lowest BCUT2D eigenvalue weighted by Crippen LogP contribution is -2.37. The molecule has 0 saturated carbocycles. The minimum absolute atomic E-state index is 0.139. The van der Waals surface area contributed by atoms with Crippen molar-refractivity contribution in [3.8, 4) is 11.3 Å². The molecule has 4 rings (SSSR count). The van der Waals surface area contributed by atoms with Crippen molar-refractivity contribution in [1.82, 2.24) is 14.9 Å². The first kappa shape index (κ1) is 18.3. The number of fused-ring (bicyclic) bond motifs is 1. The summed E-state index contributed by atoms with van der Waals surface area (Å²) in [5.41, 5.74) is 5.43. The summed E-state index contributed by atoms with van der Waals surface area (Å²) < 4.78 is 0. The summed E-state index contributed by atoms with van der Waals surface area (Å²) in [6.07, 6.45) is 0.896. The number of carbonyl (C=O) groups excluding carboxylic acids is 1. The molecule has 7 heteroatoms. The normalized spacial score (nSPS) is 13.4. The predicted octanol–water partition coefficient (Wildman–Crippen LogP) is 3.90. The van der Waals surface area contributed by atoms with Crippen LogP contribution in [0.1, 0.15) is 21.3 Å². The van der Waals surface area contributed by atoms with E-state index in [9.17, 15) is 4.79 Å². The van der Waals surface area contributed by atoms with Gasteiger partial charge in [-0.05, 0) is 45.0 Å². The minimum Gasteiger partial charge on any atom is -0.311 e. The first-order valence-electron chi connectivity index (χ1n) is 8.95. The van der Waals surface area contributed by atoms with Crippen LogP contribution in [0.3, 0.4) is 0 Å². The first-order chi connectivity index (χ1) is 13.0. The van der Waals surface area contributed by atoms with Gasteiger partial charge in [0.2, 0.25) is 5.91 Å². The molecule has 0 N–H and O–H groups in total. The summed E-state index contributed by atoms with van der Waals surface area (Å²) in [4.78, 5) is 25.8. The van der Waals surface area contributed by atoms with Gasteiger partial charge in [0.25, 0.3) is 0 Å². The van der Waals surface area contributed by atoms with E-state index in [2.05, 4.69) is 38.9 Å². The molecule has 0 radical (unpaired) electrons. The number of hydrogen-bond acceptors (Lipinski definition) is 6. The number of benzene rings is 1. The highest BCUT2D eigenvalue weighted by molar-refractivity contribution is 7.10. The van der Waals surface area contributed by atoms with Crippen molar-refractivity contribution in [1.29, 1.82) is 0 Å². The Labute approximate surface area is 167 Å². The SMILES string of the molecule is Cc1nc(CN(C)CC(=O)N2CCc3cc(-c4csc(C)n4)ccc32)cs1. The highest BCUT2D eigenvalue weighted by Gasteiger charge is 2.25. The Morgan fingerprint density at radius 1 is 1.19 bits per heavy atom. The van der Waals surface area contributed by atoms with E-state index in [1.807, 2.05) is 30.7 Å². The second-order valence-corrected chi connectivity index (χ2v) is 9.05. The average molecular weight is 399 g/mol. The molecule has 1 aliphatic heterocycles. The third kappa shape index (κ3) is 3.95. The molecule has 1 amide bonds. The van der Waals surface area contributed by atoms with E-state index in [-0.39, 0.29) is 5.91 Å². The zero-order valence-corrected chi connectivity index (χ0v) is 17.4. The maximum absolute atomic E-state index is 12.8. The highest BCUT2D eigenvalue weighted by atomic mass is 32.1. The number of nitrogens with zero attached hydrogens (tertiary/aromatic N) is 4. The standard InChI is InChI=1S/C20H22N4OS2/c1-13-21-17(11-26-13)9-23(3)10-20(25)24-7-6-16-8-15(4-5-19(16)24)18-12-27-14(2)22-18/h4-5,8,11-12H,6-7,9-10H2,1-3H3. The van der Waals surface area contributed by atoms with Crippen LogP contribution >= 0.6 is 22.7 Å². The molecule has 140 valence electrons. The van der Waals surface area contributed by atoms with E-state index in [1.165, 1.54) is 5.56 Å². The van der Waals surface area contributed by atoms with E-state index in [0.29, 0.717) is 13.1 Å². The molecule has 0 saturated heterocycles. The topological polar surface area (TPSA) is 49.3 Å². The number of amides is 1. The van der Waals surface area contributed by atoms with Gasteiger partial charge in [-0.1, -0.05) is 6.07 Å². The van der Waals surface area contributed by atoms with Crippen LogP contribution in [0.2, 0.25) is 0 Å². The Morgan fingerprint density at radius 2 is 1.96 bits per heavy atom. The first-order valence-corrected chi connectivity index (χ1v) is 10.7. The second kappa shape index (κ2) is 7.50. The Bertz CT molecular complexity index is 978. The van der Waals surface area contributed by atoms with Crippen LogP contribution in [0.25, 0.3) is 11.3 Å². The zero-order valence-electron chi connectivity index (χ0n) is 15.7. The number of carbonyl (C=O) groups is 1. The highest BCUT2D eigenvalue weighted by Crippen LogP contribution is 2.32. The van der Waals surface area contributed by atoms with Gasteiger partial charge < -0.3 is 4.90 Å². The van der Waals surface area contributed by atoms with E-state index in [1.54, 1.807) is 22.7 Å². The lowest BCUT2D eigenvalue weighted by atomic mass is 10.1. The van der Waals surface area contributed by atoms with Crippen molar-refractivity contribution in [3.05, 3.63) is 50.2 Å². The van der Waals surface area contributed by atoms with Crippen LogP contribution < -0.4 is 4.90 Å². The zero-order chi connectivity index (χ0) is 19.0. The number of rotatable bonds is 5. The van der Waals surface area contributed by atoms with Gasteiger partial charge in [-0.2, -0.15) is 0 Å². The smallest absolute Gasteiger partial charge is 0.241 e. The number of likely N-dealkylation sites (N-methyl/N-ethyl adjacent to an activating group) is 1. The fourth-order valence-corrected chi connectivity index (χ4v) is 4.67. The van der Waals surface area contributed by atoms with Crippen molar-refractivity contribution >= 4 is 34.3 Å². The Kier molecular flexibility index (Phi) is 5.08. The lowest BCUT2D eigenvalue weighted by molar-refractivity contribution is -0.119. The van der Waals surface area contributed by atoms with E-state index < -0.39 is 0 Å². The fourth-order valence-electron chi connectivity index (χ4n) is 3.45. The van der Waals surface area contributed by atoms with Gasteiger partial charge in [0.1, 0.15) is 0 Å². The number of anilines is 1. The van der Waals surface area contributed by atoms with Crippen molar-refractivity contribution in [2.75, 3.05) is 25.0 Å². The number of hydrogen-bond donors (Lipinski definition) is 0. The summed E-state index contributed by atoms with van der Waals surface area (Å²) in [6.45, 7) is 5.85. The van der Waals surface area contributed by atoms with Crippen LogP contribution in [-0.4, -0.2) is 40.9 Å². The number of aromatic nitrogens is 2. The molecule has 0 atom stereocenters. The second-order valence-electron chi connectivity index (χ2n) is 6.92. The predicted molar refractivity (Wildman–Crippen MR) is 112 cm³/mol. The van der Waals surface area contributed by atoms with Gasteiger partial charge in [0.05, 0.1) is 27.9 Å². The molecule has 2 aromatic heterocycles. The Morgan fingerprint density at radius 3 is 2.67 bits per heavy atom. The summed E-state index contributed by atoms with van der Waals surface area (Å²) in [5, 5.41) is 6.28. The molecular weight excluding hydrogens is 376 g/mol. The molecule has 0 bridgehead atoms. The van der Waals surface area contributed by atoms with Gasteiger partial charge in [0, 0.05) is 35.1 Å². The van der Waals surface area contributed by atoms with E-state index in [0.717, 1.165) is 45.6 Å². The molecule has 5 nitrogen and oxygen atoms in total. The molecular formula is C20H22N4OS2. The molecule has 0 aliphatic carbocycles. The van der Waals surface area contributed by atoms with Gasteiger partial charge in [-0.15, -0.1) is 22.7 Å². The fraction of sp³-hybridized carbons (Fsp3) is 0.350. The quantitative estimate of drug-likeness (QED) is 0.654. The van der Waals surface area contributed by atoms with Crippen molar-refractivity contribution in [3.63, 3.8) is 0 Å². The van der Waals surface area contributed by atoms with Crippen LogP contribution in [-0.2, 0) is 17.8 Å². The van der Waals surface area contributed by atoms with E-state index in [4.69, 9.17) is 0 Å². The van der Waals surface area contributed by atoms with Crippen molar-refractivity contribution in [2.45, 2.75) is 26.8 Å². The Hall–Kier alpha value is -2.09. The molecule has 3 aromatic rings. The molecule has 27 heavy (non-hydrogen) atoms. The number of aryl methyl sites for hydroxylation is 2. The van der Waals surface area contributed by atoms with Crippen molar-refractivity contribution < 1.29 is 4.79 Å².